The standard InChI is InChI=1S/C22H36N2O/c1-20(2)10-18-11-21(3,13-20)14-24(18)19(25)12-23-22-7-15-4-16(8-22)6-17(5-15)9-22/h15-18,23H,4-14H2,1-3H3/p+1/t15?,16?,17?,18-,21-,22?/m0/s1. The van der Waals surface area contributed by atoms with Gasteiger partial charge >= 0.3 is 0 Å². The average Bonchev–Trinajstić information content (AvgIpc) is 2.72. The average molecular weight is 346 g/mol. The van der Waals surface area contributed by atoms with Crippen LogP contribution >= 0.6 is 0 Å². The molecule has 5 saturated carbocycles. The molecule has 6 rings (SSSR count). The molecule has 3 heteroatoms. The minimum absolute atomic E-state index is 0.364. The first-order chi connectivity index (χ1) is 11.7. The van der Waals surface area contributed by atoms with Crippen LogP contribution in [-0.4, -0.2) is 35.5 Å². The van der Waals surface area contributed by atoms with E-state index in [9.17, 15) is 4.79 Å². The van der Waals surface area contributed by atoms with Gasteiger partial charge < -0.3 is 10.2 Å². The Morgan fingerprint density at radius 2 is 1.56 bits per heavy atom. The van der Waals surface area contributed by atoms with E-state index in [1.54, 1.807) is 0 Å². The summed E-state index contributed by atoms with van der Waals surface area (Å²) in [6.45, 7) is 8.92. The Hall–Kier alpha value is -0.570. The van der Waals surface area contributed by atoms with Gasteiger partial charge in [-0.2, -0.15) is 0 Å². The number of quaternary nitrogens is 1. The van der Waals surface area contributed by atoms with E-state index < -0.39 is 0 Å². The highest BCUT2D eigenvalue weighted by molar-refractivity contribution is 5.78. The third-order valence-corrected chi connectivity index (χ3v) is 8.53. The van der Waals surface area contributed by atoms with Crippen LogP contribution in [0.3, 0.4) is 0 Å². The van der Waals surface area contributed by atoms with Gasteiger partial charge in [0.15, 0.2) is 6.54 Å². The second kappa shape index (κ2) is 5.24. The van der Waals surface area contributed by atoms with Crippen LogP contribution in [0.4, 0.5) is 0 Å². The maximum absolute atomic E-state index is 13.1. The van der Waals surface area contributed by atoms with E-state index in [1.807, 2.05) is 0 Å². The predicted octanol–water partition coefficient (Wildman–Crippen LogP) is 2.95. The van der Waals surface area contributed by atoms with Crippen LogP contribution in [0.15, 0.2) is 0 Å². The lowest BCUT2D eigenvalue weighted by Crippen LogP contribution is -3.00. The molecule has 0 spiro atoms. The van der Waals surface area contributed by atoms with Crippen LogP contribution in [0.5, 0.6) is 0 Å². The van der Waals surface area contributed by atoms with Gasteiger partial charge in [-0.1, -0.05) is 20.8 Å². The molecule has 1 aliphatic heterocycles. The van der Waals surface area contributed by atoms with Crippen molar-refractivity contribution < 1.29 is 10.1 Å². The van der Waals surface area contributed by atoms with Crippen LogP contribution in [0.25, 0.3) is 0 Å². The fraction of sp³-hybridized carbons (Fsp3) is 0.955. The molecule has 140 valence electrons. The summed E-state index contributed by atoms with van der Waals surface area (Å²) in [5, 5.41) is 2.51. The molecule has 0 aromatic rings. The smallest absolute Gasteiger partial charge is 0.277 e. The Morgan fingerprint density at radius 1 is 0.960 bits per heavy atom. The molecular formula is C22H37N2O+. The van der Waals surface area contributed by atoms with Gasteiger partial charge in [-0.3, -0.25) is 4.79 Å². The molecule has 0 unspecified atom stereocenters. The minimum atomic E-state index is 0.364. The number of likely N-dealkylation sites (tertiary alicyclic amines) is 1. The lowest BCUT2D eigenvalue weighted by atomic mass is 9.53. The molecule has 0 radical (unpaired) electrons. The fourth-order valence-electron chi connectivity index (χ4n) is 8.60. The monoisotopic (exact) mass is 345 g/mol. The van der Waals surface area contributed by atoms with Crippen molar-refractivity contribution in [2.24, 2.45) is 28.6 Å². The number of amides is 1. The van der Waals surface area contributed by atoms with Gasteiger partial charge in [0.05, 0.1) is 5.54 Å². The van der Waals surface area contributed by atoms with Crippen molar-refractivity contribution in [1.29, 1.82) is 0 Å². The summed E-state index contributed by atoms with van der Waals surface area (Å²) < 4.78 is 0. The Kier molecular flexibility index (Phi) is 3.48. The van der Waals surface area contributed by atoms with Gasteiger partial charge in [0, 0.05) is 31.8 Å². The molecule has 1 saturated heterocycles. The van der Waals surface area contributed by atoms with E-state index in [-0.39, 0.29) is 0 Å². The second-order valence-electron chi connectivity index (χ2n) is 11.9. The maximum atomic E-state index is 13.1. The molecule has 6 aliphatic rings. The Bertz CT molecular complexity index is 547. The van der Waals surface area contributed by atoms with Gasteiger partial charge in [-0.15, -0.1) is 0 Å². The topological polar surface area (TPSA) is 36.9 Å². The first-order valence-electron chi connectivity index (χ1n) is 10.9. The van der Waals surface area contributed by atoms with Crippen molar-refractivity contribution in [3.8, 4) is 0 Å². The largest absolute Gasteiger partial charge is 0.334 e. The Balaban J connectivity index is 1.25. The number of nitrogens with zero attached hydrogens (tertiary/aromatic N) is 1. The number of hydrogen-bond acceptors (Lipinski definition) is 1. The molecule has 0 aromatic heterocycles. The van der Waals surface area contributed by atoms with Crippen LogP contribution in [0.2, 0.25) is 0 Å². The summed E-state index contributed by atoms with van der Waals surface area (Å²) >= 11 is 0. The van der Waals surface area contributed by atoms with Crippen LogP contribution in [0, 0.1) is 28.6 Å². The third-order valence-electron chi connectivity index (χ3n) is 8.53. The van der Waals surface area contributed by atoms with Gasteiger partial charge in [-0.25, -0.2) is 0 Å². The molecule has 6 fully saturated rings. The zero-order valence-electron chi connectivity index (χ0n) is 16.5. The van der Waals surface area contributed by atoms with Gasteiger partial charge in [-0.05, 0) is 67.1 Å². The summed E-state index contributed by atoms with van der Waals surface area (Å²) in [6, 6.07) is 0.506. The molecule has 3 nitrogen and oxygen atoms in total. The zero-order valence-corrected chi connectivity index (χ0v) is 16.5. The van der Waals surface area contributed by atoms with Gasteiger partial charge in [0.2, 0.25) is 0 Å². The molecular weight excluding hydrogens is 308 g/mol. The Morgan fingerprint density at radius 3 is 2.16 bits per heavy atom. The molecule has 6 bridgehead atoms. The van der Waals surface area contributed by atoms with Crippen molar-refractivity contribution in [3.05, 3.63) is 0 Å². The minimum Gasteiger partial charge on any atom is -0.334 e. The van der Waals surface area contributed by atoms with Crippen molar-refractivity contribution in [1.82, 2.24) is 4.90 Å². The van der Waals surface area contributed by atoms with Crippen LogP contribution in [-0.2, 0) is 4.79 Å². The summed E-state index contributed by atoms with van der Waals surface area (Å²) in [5.41, 5.74) is 1.20. The van der Waals surface area contributed by atoms with Crippen molar-refractivity contribution in [3.63, 3.8) is 0 Å². The normalized spacial score (nSPS) is 49.6. The fourth-order valence-corrected chi connectivity index (χ4v) is 8.60. The highest BCUT2D eigenvalue weighted by Crippen LogP contribution is 2.54. The van der Waals surface area contributed by atoms with Crippen molar-refractivity contribution in [2.45, 2.75) is 90.1 Å². The first-order valence-corrected chi connectivity index (χ1v) is 10.9. The van der Waals surface area contributed by atoms with Crippen LogP contribution in [0.1, 0.15) is 78.6 Å². The number of nitrogens with two attached hydrogens (primary N) is 1. The number of hydrogen-bond donors (Lipinski definition) is 1. The number of carbonyl (C=O) groups is 1. The molecule has 0 aromatic carbocycles. The molecule has 2 N–H and O–H groups in total. The summed E-state index contributed by atoms with van der Waals surface area (Å²) in [5.74, 6) is 3.36. The van der Waals surface area contributed by atoms with E-state index in [1.165, 1.54) is 57.8 Å². The zero-order chi connectivity index (χ0) is 17.4. The molecule has 1 heterocycles. The van der Waals surface area contributed by atoms with E-state index in [4.69, 9.17) is 0 Å². The number of fused-ring (bicyclic) bond motifs is 2. The van der Waals surface area contributed by atoms with E-state index >= 15 is 0 Å². The second-order valence-corrected chi connectivity index (χ2v) is 11.9. The molecule has 1 amide bonds. The lowest BCUT2D eigenvalue weighted by molar-refractivity contribution is -0.730. The molecule has 5 aliphatic carbocycles. The highest BCUT2D eigenvalue weighted by atomic mass is 16.2. The van der Waals surface area contributed by atoms with Crippen molar-refractivity contribution in [2.75, 3.05) is 13.1 Å². The maximum Gasteiger partial charge on any atom is 0.277 e. The number of carbonyl (C=O) groups excluding carboxylic acids is 1. The first kappa shape index (κ1) is 16.6. The van der Waals surface area contributed by atoms with E-state index in [0.717, 1.165) is 24.3 Å². The predicted molar refractivity (Wildman–Crippen MR) is 98.9 cm³/mol. The van der Waals surface area contributed by atoms with Crippen LogP contribution < -0.4 is 5.32 Å². The lowest BCUT2D eigenvalue weighted by Gasteiger charge is -2.54. The molecule has 2 atom stereocenters. The summed E-state index contributed by atoms with van der Waals surface area (Å²) in [4.78, 5) is 15.4. The van der Waals surface area contributed by atoms with Crippen molar-refractivity contribution >= 4 is 5.91 Å². The summed E-state index contributed by atoms with van der Waals surface area (Å²) in [6.07, 6.45) is 12.3. The quantitative estimate of drug-likeness (QED) is 0.839. The highest BCUT2D eigenvalue weighted by Gasteiger charge is 2.54. The third kappa shape index (κ3) is 2.85. The molecule has 25 heavy (non-hydrogen) atoms. The van der Waals surface area contributed by atoms with E-state index in [0.29, 0.717) is 34.9 Å². The Labute approximate surface area is 153 Å². The SMILES string of the molecule is CC1(C)C[C@H]2C[C@](C)(CN2C(=O)C[NH2+]C23CC4CC(CC(C4)C2)C3)C1. The van der Waals surface area contributed by atoms with Gasteiger partial charge in [0.1, 0.15) is 0 Å². The number of rotatable bonds is 3. The van der Waals surface area contributed by atoms with Gasteiger partial charge in [0.25, 0.3) is 5.91 Å². The summed E-state index contributed by atoms with van der Waals surface area (Å²) in [7, 11) is 0. The van der Waals surface area contributed by atoms with E-state index in [2.05, 4.69) is 31.0 Å².